The molecule has 0 aliphatic heterocycles. The summed E-state index contributed by atoms with van der Waals surface area (Å²) < 4.78 is 81.2. The van der Waals surface area contributed by atoms with Gasteiger partial charge in [-0.25, -0.2) is 13.2 Å². The van der Waals surface area contributed by atoms with E-state index >= 15 is 4.39 Å². The Morgan fingerprint density at radius 3 is 2.23 bits per heavy atom. The topological polar surface area (TPSA) is 63.2 Å². The molecule has 2 aliphatic rings. The lowest BCUT2D eigenvalue weighted by atomic mass is 9.93. The van der Waals surface area contributed by atoms with Gasteiger partial charge in [-0.1, -0.05) is 30.7 Å². The van der Waals surface area contributed by atoms with Gasteiger partial charge < -0.3 is 5.32 Å². The second-order valence-electron chi connectivity index (χ2n) is 11.3. The Kier molecular flexibility index (Phi) is 8.35. The van der Waals surface area contributed by atoms with Crippen LogP contribution in [0.4, 0.5) is 32.0 Å². The lowest BCUT2D eigenvalue weighted by molar-refractivity contribution is -0.140. The summed E-state index contributed by atoms with van der Waals surface area (Å²) >= 11 is 18.7. The van der Waals surface area contributed by atoms with E-state index in [0.717, 1.165) is 18.2 Å². The van der Waals surface area contributed by atoms with Crippen molar-refractivity contribution in [3.05, 3.63) is 98.8 Å². The molecule has 0 spiro atoms. The van der Waals surface area contributed by atoms with Crippen molar-refractivity contribution in [2.24, 2.45) is 11.3 Å². The molecule has 0 unspecified atom stereocenters. The van der Waals surface area contributed by atoms with Gasteiger partial charge in [-0.3, -0.25) is 14.4 Å². The smallest absolute Gasteiger partial charge is 0.326 e. The van der Waals surface area contributed by atoms with Crippen LogP contribution in [0, 0.1) is 28.8 Å². The molecule has 1 amide bonds. The fraction of sp³-hybridized carbons (Fsp3) is 0.323. The molecule has 0 bridgehead atoms. The third kappa shape index (κ3) is 6.21. The maximum atomic E-state index is 15.2. The summed E-state index contributed by atoms with van der Waals surface area (Å²) in [4.78, 5) is 38.7. The highest BCUT2D eigenvalue weighted by Crippen LogP contribution is 2.65. The number of anilines is 1. The maximum Gasteiger partial charge on any atom is 0.419 e. The van der Waals surface area contributed by atoms with E-state index in [4.69, 9.17) is 34.8 Å². The van der Waals surface area contributed by atoms with E-state index in [1.165, 1.54) is 18.2 Å². The number of hydrogen-bond acceptors (Lipinski definition) is 3. The molecule has 0 aromatic heterocycles. The number of hydrogen-bond donors (Lipinski definition) is 1. The van der Waals surface area contributed by atoms with Crippen molar-refractivity contribution in [2.45, 2.75) is 49.0 Å². The molecule has 2 atom stereocenters. The number of amides is 1. The van der Waals surface area contributed by atoms with Gasteiger partial charge >= 0.3 is 6.18 Å². The van der Waals surface area contributed by atoms with Gasteiger partial charge in [-0.15, -0.1) is 23.2 Å². The van der Waals surface area contributed by atoms with Gasteiger partial charge in [0.05, 0.1) is 16.5 Å². The predicted molar refractivity (Wildman–Crippen MR) is 153 cm³/mol. The van der Waals surface area contributed by atoms with Gasteiger partial charge in [0.1, 0.15) is 27.6 Å². The van der Waals surface area contributed by atoms with E-state index in [0.29, 0.717) is 25.0 Å². The number of halogens is 9. The van der Waals surface area contributed by atoms with Crippen molar-refractivity contribution in [3.63, 3.8) is 0 Å². The molecule has 5 rings (SSSR count). The Balaban J connectivity index is 1.32. The lowest BCUT2D eigenvalue weighted by Crippen LogP contribution is -2.18. The summed E-state index contributed by atoms with van der Waals surface area (Å²) in [5.74, 6) is -7.47. The molecular formula is C31H22Cl3F6NO3. The number of Topliss-reactive ketones (excluding diaryl/α,β-unsaturated/α-hetero) is 2. The standard InChI is InChI=1S/C31H22Cl3F6NO3/c1-29(8-9-29)24(43)13-18-21(35)6-3-15(27(18)37)11-23(42)17-12-16(4-5-20(17)32)41-28(44)26-25(30(26,33)34)14-2-7-22(36)19(10-14)31(38,39)40/h2-7,10,12,25-26H,8-9,11,13H2,1H3,(H,41,44)/t25-,26+/m0/s1. The zero-order valence-electron chi connectivity index (χ0n) is 22.7. The van der Waals surface area contributed by atoms with E-state index in [-0.39, 0.29) is 33.2 Å². The molecule has 44 heavy (non-hydrogen) atoms. The average molecular weight is 677 g/mol. The Bertz CT molecular complexity index is 1700. The molecule has 0 heterocycles. The van der Waals surface area contributed by atoms with Gasteiger partial charge in [0.15, 0.2) is 5.78 Å². The van der Waals surface area contributed by atoms with E-state index in [2.05, 4.69) is 5.32 Å². The molecule has 0 saturated heterocycles. The van der Waals surface area contributed by atoms with Gasteiger partial charge in [-0.2, -0.15) is 13.2 Å². The molecule has 4 nitrogen and oxygen atoms in total. The first-order chi connectivity index (χ1) is 20.4. The molecule has 3 aromatic carbocycles. The third-order valence-electron chi connectivity index (χ3n) is 8.15. The first-order valence-corrected chi connectivity index (χ1v) is 14.4. The minimum Gasteiger partial charge on any atom is -0.326 e. The molecule has 13 heteroatoms. The predicted octanol–water partition coefficient (Wildman–Crippen LogP) is 8.64. The van der Waals surface area contributed by atoms with Crippen molar-refractivity contribution in [2.75, 3.05) is 5.32 Å². The Hall–Kier alpha value is -3.08. The largest absolute Gasteiger partial charge is 0.419 e. The van der Waals surface area contributed by atoms with Crippen LogP contribution in [0.5, 0.6) is 0 Å². The highest BCUT2D eigenvalue weighted by molar-refractivity contribution is 6.53. The van der Waals surface area contributed by atoms with Crippen LogP contribution in [0.2, 0.25) is 5.02 Å². The van der Waals surface area contributed by atoms with Crippen molar-refractivity contribution < 1.29 is 40.7 Å². The zero-order valence-corrected chi connectivity index (χ0v) is 25.0. The Labute approximate surface area is 262 Å². The van der Waals surface area contributed by atoms with Crippen LogP contribution in [0.15, 0.2) is 48.5 Å². The second-order valence-corrected chi connectivity index (χ2v) is 13.2. The van der Waals surface area contributed by atoms with Gasteiger partial charge in [0, 0.05) is 41.0 Å². The van der Waals surface area contributed by atoms with E-state index < -0.39 is 80.9 Å². The van der Waals surface area contributed by atoms with Gasteiger partial charge in [-0.05, 0) is 60.4 Å². The molecule has 2 fully saturated rings. The minimum absolute atomic E-state index is 0.0353. The fourth-order valence-electron chi connectivity index (χ4n) is 5.11. The first kappa shape index (κ1) is 32.3. The number of ketones is 2. The normalized spacial score (nSPS) is 19.8. The summed E-state index contributed by atoms with van der Waals surface area (Å²) in [6, 6.07) is 8.16. The summed E-state index contributed by atoms with van der Waals surface area (Å²) in [5.41, 5.74) is -2.85. The zero-order chi connectivity index (χ0) is 32.4. The van der Waals surface area contributed by atoms with Crippen molar-refractivity contribution in [1.29, 1.82) is 0 Å². The number of benzene rings is 3. The summed E-state index contributed by atoms with van der Waals surface area (Å²) in [6.07, 6.45) is -4.68. The molecular weight excluding hydrogens is 655 g/mol. The van der Waals surface area contributed by atoms with Crippen LogP contribution in [0.1, 0.15) is 58.3 Å². The van der Waals surface area contributed by atoms with Crippen LogP contribution in [0.3, 0.4) is 0 Å². The van der Waals surface area contributed by atoms with Crippen molar-refractivity contribution >= 4 is 58.0 Å². The van der Waals surface area contributed by atoms with Crippen molar-refractivity contribution in [3.8, 4) is 0 Å². The number of carbonyl (C=O) groups excluding carboxylic acids is 3. The summed E-state index contributed by atoms with van der Waals surface area (Å²) in [7, 11) is 0. The van der Waals surface area contributed by atoms with Crippen LogP contribution in [-0.4, -0.2) is 21.8 Å². The van der Waals surface area contributed by atoms with Gasteiger partial charge in [0.2, 0.25) is 5.91 Å². The number of carbonyl (C=O) groups is 3. The monoisotopic (exact) mass is 675 g/mol. The van der Waals surface area contributed by atoms with Gasteiger partial charge in [0.25, 0.3) is 0 Å². The quantitative estimate of drug-likeness (QED) is 0.140. The molecule has 3 aromatic rings. The highest BCUT2D eigenvalue weighted by atomic mass is 35.5. The van der Waals surface area contributed by atoms with Crippen LogP contribution in [0.25, 0.3) is 0 Å². The first-order valence-electron chi connectivity index (χ1n) is 13.3. The number of nitrogens with one attached hydrogen (secondary N) is 1. The molecule has 2 saturated carbocycles. The molecule has 2 aliphatic carbocycles. The molecule has 232 valence electrons. The summed E-state index contributed by atoms with van der Waals surface area (Å²) in [5, 5.41) is 2.46. The van der Waals surface area contributed by atoms with Crippen LogP contribution >= 0.6 is 34.8 Å². The SMILES string of the molecule is CC1(C(=O)Cc2c(F)ccc(CC(=O)c3cc(NC(=O)[C@H]4[C@H](c5ccc(F)c(C(F)(F)F)c5)C4(Cl)Cl)ccc3Cl)c2F)CC1. The van der Waals surface area contributed by atoms with E-state index in [9.17, 15) is 36.3 Å². The third-order valence-corrected chi connectivity index (χ3v) is 9.42. The highest BCUT2D eigenvalue weighted by Gasteiger charge is 2.67. The lowest BCUT2D eigenvalue weighted by Gasteiger charge is -2.13. The van der Waals surface area contributed by atoms with Crippen LogP contribution in [-0.2, 0) is 28.6 Å². The Morgan fingerprint density at radius 2 is 1.59 bits per heavy atom. The number of alkyl halides is 5. The molecule has 0 radical (unpaired) electrons. The van der Waals surface area contributed by atoms with E-state index in [1.807, 2.05) is 0 Å². The molecule has 1 N–H and O–H groups in total. The summed E-state index contributed by atoms with van der Waals surface area (Å²) in [6.45, 7) is 1.72. The average Bonchev–Trinajstić information content (AvgIpc) is 3.83. The fourth-order valence-corrected chi connectivity index (χ4v) is 6.16. The minimum atomic E-state index is -4.98. The Morgan fingerprint density at radius 1 is 0.932 bits per heavy atom. The number of rotatable bonds is 9. The maximum absolute atomic E-state index is 15.2. The van der Waals surface area contributed by atoms with E-state index in [1.54, 1.807) is 6.92 Å². The second kappa shape index (κ2) is 11.4. The van der Waals surface area contributed by atoms with Crippen molar-refractivity contribution in [1.82, 2.24) is 0 Å². The van der Waals surface area contributed by atoms with Crippen LogP contribution < -0.4 is 5.32 Å².